The molecule has 0 unspecified atom stereocenters. The summed E-state index contributed by atoms with van der Waals surface area (Å²) in [4.78, 5) is 5.58. The van der Waals surface area contributed by atoms with E-state index in [9.17, 15) is 8.42 Å². The zero-order chi connectivity index (χ0) is 15.6. The summed E-state index contributed by atoms with van der Waals surface area (Å²) in [6, 6.07) is 14.5. The van der Waals surface area contributed by atoms with E-state index in [1.807, 2.05) is 24.3 Å². The van der Waals surface area contributed by atoms with Gasteiger partial charge in [-0.05, 0) is 24.6 Å². The second kappa shape index (κ2) is 5.65. The van der Waals surface area contributed by atoms with Crippen molar-refractivity contribution in [1.29, 1.82) is 0 Å². The Kier molecular flexibility index (Phi) is 3.68. The van der Waals surface area contributed by atoms with Crippen molar-refractivity contribution in [1.82, 2.24) is 9.82 Å². The van der Waals surface area contributed by atoms with Gasteiger partial charge in [0.1, 0.15) is 0 Å². The number of hydrogen-bond acceptors (Lipinski definition) is 3. The van der Waals surface area contributed by atoms with Gasteiger partial charge in [-0.3, -0.25) is 0 Å². The van der Waals surface area contributed by atoms with Crippen molar-refractivity contribution < 1.29 is 8.42 Å². The molecule has 0 aliphatic rings. The van der Waals surface area contributed by atoms with E-state index in [1.54, 1.807) is 37.4 Å². The van der Waals surface area contributed by atoms with Gasteiger partial charge in [0.2, 0.25) is 0 Å². The molecule has 3 rings (SSSR count). The number of H-pyrrole nitrogens is 1. The molecule has 0 bridgehead atoms. The predicted molar refractivity (Wildman–Crippen MR) is 87.4 cm³/mol. The van der Waals surface area contributed by atoms with Crippen LogP contribution in [0.1, 0.15) is 11.1 Å². The second-order valence-electron chi connectivity index (χ2n) is 4.91. The number of nitrogens with one attached hydrogen (secondary N) is 2. The van der Waals surface area contributed by atoms with E-state index < -0.39 is 10.0 Å². The number of rotatable bonds is 4. The SMILES string of the molecule is Cc1ccccc1S(=O)(=O)N/N=C\c1c[nH]c2ccccc12. The van der Waals surface area contributed by atoms with Gasteiger partial charge in [0.05, 0.1) is 11.1 Å². The van der Waals surface area contributed by atoms with Crippen LogP contribution in [0.3, 0.4) is 0 Å². The summed E-state index contributed by atoms with van der Waals surface area (Å²) in [7, 11) is -3.66. The number of benzene rings is 2. The van der Waals surface area contributed by atoms with Gasteiger partial charge in [-0.1, -0.05) is 36.4 Å². The maximum Gasteiger partial charge on any atom is 0.276 e. The van der Waals surface area contributed by atoms with Gasteiger partial charge in [-0.25, -0.2) is 4.83 Å². The van der Waals surface area contributed by atoms with Crippen LogP contribution < -0.4 is 4.83 Å². The first kappa shape index (κ1) is 14.3. The summed E-state index contributed by atoms with van der Waals surface area (Å²) in [6.07, 6.45) is 3.28. The third kappa shape index (κ3) is 2.73. The molecule has 112 valence electrons. The van der Waals surface area contributed by atoms with Gasteiger partial charge >= 0.3 is 0 Å². The summed E-state index contributed by atoms with van der Waals surface area (Å²) in [5.74, 6) is 0. The summed E-state index contributed by atoms with van der Waals surface area (Å²) < 4.78 is 24.4. The van der Waals surface area contributed by atoms with Crippen LogP contribution in [-0.4, -0.2) is 19.6 Å². The predicted octanol–water partition coefficient (Wildman–Crippen LogP) is 2.79. The lowest BCUT2D eigenvalue weighted by atomic mass is 10.2. The van der Waals surface area contributed by atoms with E-state index in [0.717, 1.165) is 16.5 Å². The quantitative estimate of drug-likeness (QED) is 0.574. The number of fused-ring (bicyclic) bond motifs is 1. The van der Waals surface area contributed by atoms with E-state index in [4.69, 9.17) is 0 Å². The molecule has 22 heavy (non-hydrogen) atoms. The van der Waals surface area contributed by atoms with Crippen molar-refractivity contribution in [2.24, 2.45) is 5.10 Å². The number of para-hydroxylation sites is 1. The van der Waals surface area contributed by atoms with E-state index in [2.05, 4.69) is 14.9 Å². The van der Waals surface area contributed by atoms with Gasteiger partial charge in [0.15, 0.2) is 0 Å². The molecular formula is C16H15N3O2S. The first-order chi connectivity index (χ1) is 10.6. The maximum absolute atomic E-state index is 12.2. The third-order valence-corrected chi connectivity index (χ3v) is 4.76. The van der Waals surface area contributed by atoms with Crippen molar-refractivity contribution in [2.75, 3.05) is 0 Å². The molecule has 0 atom stereocenters. The number of aromatic amines is 1. The Morgan fingerprint density at radius 1 is 1.09 bits per heavy atom. The molecule has 5 nitrogen and oxygen atoms in total. The highest BCUT2D eigenvalue weighted by molar-refractivity contribution is 7.89. The van der Waals surface area contributed by atoms with Gasteiger partial charge in [-0.15, -0.1) is 0 Å². The number of aromatic nitrogens is 1. The van der Waals surface area contributed by atoms with E-state index in [0.29, 0.717) is 5.56 Å². The first-order valence-corrected chi connectivity index (χ1v) is 8.23. The molecule has 0 aliphatic heterocycles. The lowest BCUT2D eigenvalue weighted by Gasteiger charge is -2.05. The van der Waals surface area contributed by atoms with Crippen molar-refractivity contribution in [2.45, 2.75) is 11.8 Å². The van der Waals surface area contributed by atoms with Gasteiger partial charge in [0.25, 0.3) is 10.0 Å². The second-order valence-corrected chi connectivity index (χ2v) is 6.54. The molecule has 0 fully saturated rings. The van der Waals surface area contributed by atoms with Crippen LogP contribution in [0.5, 0.6) is 0 Å². The molecule has 0 saturated heterocycles. The number of aryl methyl sites for hydroxylation is 1. The molecule has 0 saturated carbocycles. The summed E-state index contributed by atoms with van der Waals surface area (Å²) >= 11 is 0. The molecular weight excluding hydrogens is 298 g/mol. The van der Waals surface area contributed by atoms with Gasteiger partial charge < -0.3 is 4.98 Å². The molecule has 0 amide bonds. The summed E-state index contributed by atoms with van der Waals surface area (Å²) in [6.45, 7) is 1.75. The summed E-state index contributed by atoms with van der Waals surface area (Å²) in [5.41, 5.74) is 2.48. The summed E-state index contributed by atoms with van der Waals surface area (Å²) in [5, 5.41) is 4.86. The molecule has 1 heterocycles. The number of sulfonamides is 1. The average Bonchev–Trinajstić information content (AvgIpc) is 2.91. The van der Waals surface area contributed by atoms with Crippen LogP contribution in [0, 0.1) is 6.92 Å². The minimum Gasteiger partial charge on any atom is -0.361 e. The molecule has 1 aromatic heterocycles. The van der Waals surface area contributed by atoms with Crippen LogP contribution in [0.25, 0.3) is 10.9 Å². The highest BCUT2D eigenvalue weighted by atomic mass is 32.2. The van der Waals surface area contributed by atoms with Crippen LogP contribution in [0.15, 0.2) is 64.7 Å². The van der Waals surface area contributed by atoms with E-state index >= 15 is 0 Å². The largest absolute Gasteiger partial charge is 0.361 e. The van der Waals surface area contributed by atoms with Crippen LogP contribution in [0.2, 0.25) is 0 Å². The molecule has 2 aromatic carbocycles. The van der Waals surface area contributed by atoms with E-state index in [1.165, 1.54) is 6.21 Å². The highest BCUT2D eigenvalue weighted by Gasteiger charge is 2.14. The Morgan fingerprint density at radius 3 is 2.64 bits per heavy atom. The van der Waals surface area contributed by atoms with Gasteiger partial charge in [-0.2, -0.15) is 13.5 Å². The zero-order valence-electron chi connectivity index (χ0n) is 11.9. The molecule has 3 aromatic rings. The van der Waals surface area contributed by atoms with Crippen molar-refractivity contribution in [3.8, 4) is 0 Å². The Morgan fingerprint density at radius 2 is 1.82 bits per heavy atom. The number of hydrazone groups is 1. The van der Waals surface area contributed by atoms with Crippen molar-refractivity contribution >= 4 is 27.1 Å². The third-order valence-electron chi connectivity index (χ3n) is 3.38. The first-order valence-electron chi connectivity index (χ1n) is 6.74. The van der Waals surface area contributed by atoms with Crippen molar-refractivity contribution in [3.63, 3.8) is 0 Å². The van der Waals surface area contributed by atoms with Crippen LogP contribution in [-0.2, 0) is 10.0 Å². The lowest BCUT2D eigenvalue weighted by molar-refractivity contribution is 0.584. The van der Waals surface area contributed by atoms with Crippen molar-refractivity contribution in [3.05, 3.63) is 65.9 Å². The molecule has 2 N–H and O–H groups in total. The Hall–Kier alpha value is -2.60. The fourth-order valence-electron chi connectivity index (χ4n) is 2.27. The number of hydrogen-bond donors (Lipinski definition) is 2. The minimum absolute atomic E-state index is 0.228. The molecule has 6 heteroatoms. The smallest absolute Gasteiger partial charge is 0.276 e. The Balaban J connectivity index is 1.84. The molecule has 0 radical (unpaired) electrons. The fraction of sp³-hybridized carbons (Fsp3) is 0.0625. The topological polar surface area (TPSA) is 74.3 Å². The van der Waals surface area contributed by atoms with E-state index in [-0.39, 0.29) is 4.90 Å². The Bertz CT molecular complexity index is 943. The zero-order valence-corrected chi connectivity index (χ0v) is 12.8. The monoisotopic (exact) mass is 313 g/mol. The van der Waals surface area contributed by atoms with Gasteiger partial charge in [0, 0.05) is 22.7 Å². The maximum atomic E-state index is 12.2. The highest BCUT2D eigenvalue weighted by Crippen LogP contribution is 2.16. The molecule has 0 spiro atoms. The average molecular weight is 313 g/mol. The fourth-order valence-corrected chi connectivity index (χ4v) is 3.31. The standard InChI is InChI=1S/C16H15N3O2S/c1-12-6-2-5-9-16(12)22(20,21)19-18-11-13-10-17-15-8-4-3-7-14(13)15/h2-11,17,19H,1H3/b18-11-. The van der Waals surface area contributed by atoms with Crippen LogP contribution >= 0.6 is 0 Å². The van der Waals surface area contributed by atoms with Crippen LogP contribution in [0.4, 0.5) is 0 Å². The Labute approximate surface area is 128 Å². The number of nitrogens with zero attached hydrogens (tertiary/aromatic N) is 1. The molecule has 0 aliphatic carbocycles. The lowest BCUT2D eigenvalue weighted by Crippen LogP contribution is -2.19. The minimum atomic E-state index is -3.66. The normalized spacial score (nSPS) is 12.0.